The van der Waals surface area contributed by atoms with Gasteiger partial charge in [0.2, 0.25) is 0 Å². The SMILES string of the molecule is CC1(c2ccccc2)C(=O)C(c2ccccc2)=C(c2ccccc2)[C@@H]1c1ccccc1. The lowest BCUT2D eigenvalue weighted by Gasteiger charge is -2.33. The van der Waals surface area contributed by atoms with Gasteiger partial charge < -0.3 is 0 Å². The van der Waals surface area contributed by atoms with Crippen LogP contribution >= 0.6 is 0 Å². The van der Waals surface area contributed by atoms with Gasteiger partial charge in [0.25, 0.3) is 0 Å². The van der Waals surface area contributed by atoms with E-state index in [1.165, 1.54) is 0 Å². The summed E-state index contributed by atoms with van der Waals surface area (Å²) < 4.78 is 0. The Labute approximate surface area is 183 Å². The van der Waals surface area contributed by atoms with E-state index in [9.17, 15) is 4.79 Å². The van der Waals surface area contributed by atoms with E-state index in [2.05, 4.69) is 79.7 Å². The Kier molecular flexibility index (Phi) is 4.88. The van der Waals surface area contributed by atoms with E-state index in [0.717, 1.165) is 33.4 Å². The van der Waals surface area contributed by atoms with E-state index in [4.69, 9.17) is 0 Å². The van der Waals surface area contributed by atoms with Gasteiger partial charge in [0.15, 0.2) is 5.78 Å². The average Bonchev–Trinajstić information content (AvgIpc) is 3.09. The highest BCUT2D eigenvalue weighted by molar-refractivity contribution is 6.36. The first-order chi connectivity index (χ1) is 15.2. The van der Waals surface area contributed by atoms with Crippen molar-refractivity contribution in [3.8, 4) is 0 Å². The minimum Gasteiger partial charge on any atom is -0.293 e. The third kappa shape index (κ3) is 3.14. The molecule has 0 heterocycles. The fourth-order valence-electron chi connectivity index (χ4n) is 4.99. The highest BCUT2D eigenvalue weighted by Gasteiger charge is 2.53. The zero-order valence-corrected chi connectivity index (χ0v) is 17.5. The van der Waals surface area contributed by atoms with Gasteiger partial charge in [-0.25, -0.2) is 0 Å². The van der Waals surface area contributed by atoms with Crippen LogP contribution in [0.25, 0.3) is 11.1 Å². The first-order valence-corrected chi connectivity index (χ1v) is 10.7. The first kappa shape index (κ1) is 19.3. The average molecular weight is 401 g/mol. The molecule has 0 aromatic heterocycles. The Morgan fingerprint density at radius 3 is 1.58 bits per heavy atom. The van der Waals surface area contributed by atoms with Crippen LogP contribution in [0.15, 0.2) is 121 Å². The molecule has 1 heteroatoms. The summed E-state index contributed by atoms with van der Waals surface area (Å²) in [5.74, 6) is 0.0961. The smallest absolute Gasteiger partial charge is 0.174 e. The summed E-state index contributed by atoms with van der Waals surface area (Å²) in [5.41, 5.74) is 5.52. The minimum absolute atomic E-state index is 0.0822. The molecule has 0 N–H and O–H groups in total. The number of Topliss-reactive ketones (excluding diaryl/α,β-unsaturated/α-hetero) is 1. The molecular weight excluding hydrogens is 376 g/mol. The number of hydrogen-bond donors (Lipinski definition) is 0. The van der Waals surface area contributed by atoms with E-state index in [1.807, 2.05) is 48.5 Å². The number of carbonyl (C=O) groups excluding carboxylic acids is 1. The van der Waals surface area contributed by atoms with Crippen molar-refractivity contribution in [1.82, 2.24) is 0 Å². The summed E-state index contributed by atoms with van der Waals surface area (Å²) in [6.45, 7) is 2.11. The molecule has 4 aromatic rings. The molecule has 1 aliphatic carbocycles. The lowest BCUT2D eigenvalue weighted by molar-refractivity contribution is -0.118. The molecule has 0 saturated heterocycles. The number of rotatable bonds is 4. The van der Waals surface area contributed by atoms with Crippen molar-refractivity contribution in [2.24, 2.45) is 0 Å². The molecule has 150 valence electrons. The van der Waals surface area contributed by atoms with Crippen molar-refractivity contribution in [1.29, 1.82) is 0 Å². The van der Waals surface area contributed by atoms with Crippen LogP contribution in [0.2, 0.25) is 0 Å². The molecule has 2 atom stereocenters. The van der Waals surface area contributed by atoms with Crippen LogP contribution in [0, 0.1) is 0 Å². The molecule has 1 unspecified atom stereocenters. The molecule has 31 heavy (non-hydrogen) atoms. The van der Waals surface area contributed by atoms with Gasteiger partial charge in [-0.2, -0.15) is 0 Å². The minimum atomic E-state index is -0.695. The van der Waals surface area contributed by atoms with Gasteiger partial charge in [-0.15, -0.1) is 0 Å². The van der Waals surface area contributed by atoms with Gasteiger partial charge in [0.05, 0.1) is 5.41 Å². The van der Waals surface area contributed by atoms with Crippen molar-refractivity contribution in [3.05, 3.63) is 144 Å². The van der Waals surface area contributed by atoms with Crippen LogP contribution in [-0.2, 0) is 10.2 Å². The topological polar surface area (TPSA) is 17.1 Å². The maximum absolute atomic E-state index is 14.3. The monoisotopic (exact) mass is 400 g/mol. The van der Waals surface area contributed by atoms with Gasteiger partial charge in [0.1, 0.15) is 0 Å². The van der Waals surface area contributed by atoms with E-state index < -0.39 is 5.41 Å². The highest BCUT2D eigenvalue weighted by Crippen LogP contribution is 2.57. The van der Waals surface area contributed by atoms with Crippen molar-refractivity contribution in [2.45, 2.75) is 18.3 Å². The molecule has 5 rings (SSSR count). The molecule has 0 bridgehead atoms. The molecule has 0 fully saturated rings. The Bertz CT molecular complexity index is 1220. The van der Waals surface area contributed by atoms with Gasteiger partial charge >= 0.3 is 0 Å². The van der Waals surface area contributed by atoms with E-state index >= 15 is 0 Å². The summed E-state index contributed by atoms with van der Waals surface area (Å²) in [4.78, 5) is 14.3. The molecule has 0 saturated carbocycles. The number of ketones is 1. The van der Waals surface area contributed by atoms with Crippen LogP contribution in [-0.4, -0.2) is 5.78 Å². The molecule has 0 aliphatic heterocycles. The summed E-state index contributed by atoms with van der Waals surface area (Å²) in [7, 11) is 0. The third-order valence-electron chi connectivity index (χ3n) is 6.49. The predicted octanol–water partition coefficient (Wildman–Crippen LogP) is 6.92. The van der Waals surface area contributed by atoms with Crippen molar-refractivity contribution < 1.29 is 4.79 Å². The molecule has 0 spiro atoms. The van der Waals surface area contributed by atoms with Crippen LogP contribution in [0.5, 0.6) is 0 Å². The summed E-state index contributed by atoms with van der Waals surface area (Å²) >= 11 is 0. The molecule has 1 nitrogen and oxygen atoms in total. The third-order valence-corrected chi connectivity index (χ3v) is 6.49. The van der Waals surface area contributed by atoms with Gasteiger partial charge in [0, 0.05) is 11.5 Å². The maximum atomic E-state index is 14.3. The van der Waals surface area contributed by atoms with Crippen molar-refractivity contribution in [3.63, 3.8) is 0 Å². The Balaban J connectivity index is 1.86. The van der Waals surface area contributed by atoms with Crippen molar-refractivity contribution in [2.75, 3.05) is 0 Å². The zero-order valence-electron chi connectivity index (χ0n) is 17.5. The molecular formula is C30H24O. The standard InChI is InChI=1S/C30H24O/c1-30(25-20-12-5-13-21-25)28(24-18-10-4-11-19-24)26(22-14-6-2-7-15-22)27(29(30)31)23-16-8-3-9-17-23/h2-21,28H,1H3/t28-,30?/m0/s1. The first-order valence-electron chi connectivity index (χ1n) is 10.7. The fourth-order valence-corrected chi connectivity index (χ4v) is 4.99. The maximum Gasteiger partial charge on any atom is 0.174 e. The van der Waals surface area contributed by atoms with E-state index in [1.54, 1.807) is 0 Å². The van der Waals surface area contributed by atoms with Crippen molar-refractivity contribution >= 4 is 16.9 Å². The summed E-state index contributed by atoms with van der Waals surface area (Å²) in [6.07, 6.45) is 0. The predicted molar refractivity (Wildman–Crippen MR) is 128 cm³/mol. The van der Waals surface area contributed by atoms with Crippen LogP contribution < -0.4 is 0 Å². The lowest BCUT2D eigenvalue weighted by Crippen LogP contribution is -2.34. The quantitative estimate of drug-likeness (QED) is 0.363. The Morgan fingerprint density at radius 2 is 1.03 bits per heavy atom. The van der Waals surface area contributed by atoms with E-state index in [-0.39, 0.29) is 11.7 Å². The largest absolute Gasteiger partial charge is 0.293 e. The second-order valence-electron chi connectivity index (χ2n) is 8.26. The van der Waals surface area contributed by atoms with E-state index in [0.29, 0.717) is 0 Å². The van der Waals surface area contributed by atoms with Crippen LogP contribution in [0.4, 0.5) is 0 Å². The second-order valence-corrected chi connectivity index (χ2v) is 8.26. The normalized spacial score (nSPS) is 20.8. The number of allylic oxidation sites excluding steroid dienone is 2. The molecule has 1 aliphatic rings. The molecule has 0 radical (unpaired) electrons. The number of benzene rings is 4. The van der Waals surface area contributed by atoms with Crippen LogP contribution in [0.3, 0.4) is 0 Å². The fraction of sp³-hybridized carbons (Fsp3) is 0.100. The molecule has 0 amide bonds. The Hall–Kier alpha value is -3.71. The summed E-state index contributed by atoms with van der Waals surface area (Å²) in [6, 6.07) is 41.2. The molecule has 4 aromatic carbocycles. The van der Waals surface area contributed by atoms with Crippen LogP contribution in [0.1, 0.15) is 35.1 Å². The Morgan fingerprint density at radius 1 is 0.581 bits per heavy atom. The highest BCUT2D eigenvalue weighted by atomic mass is 16.1. The number of carbonyl (C=O) groups is 1. The van der Waals surface area contributed by atoms with Gasteiger partial charge in [-0.3, -0.25) is 4.79 Å². The second kappa shape index (κ2) is 7.85. The van der Waals surface area contributed by atoms with Gasteiger partial charge in [-0.1, -0.05) is 121 Å². The zero-order chi connectivity index (χ0) is 21.3. The summed E-state index contributed by atoms with van der Waals surface area (Å²) in [5, 5.41) is 0. The van der Waals surface area contributed by atoms with Gasteiger partial charge in [-0.05, 0) is 34.8 Å². The lowest BCUT2D eigenvalue weighted by atomic mass is 9.67. The number of hydrogen-bond acceptors (Lipinski definition) is 1.